The number of imidazole rings is 1. The molecule has 0 radical (unpaired) electrons. The Hall–Kier alpha value is -4.19. The molecule has 4 aromatic rings. The minimum absolute atomic E-state index is 0.159. The molecule has 0 amide bonds. The minimum atomic E-state index is -0.975. The standard InChI is InChI=1S/C30H30N2O4/c1-21(2)12-17-25-20-32(28(33)18-22-8-4-3-5-9-22)30(36)31(25)19-23-13-15-24(16-14-23)26-10-6-7-11-27(26)29(34)35/h3-11,13-16,20-21H,12,17-19H2,1-2H3,(H,34,35). The number of rotatable bonds is 9. The van der Waals surface area contributed by atoms with Gasteiger partial charge in [0.05, 0.1) is 18.5 Å². The Kier molecular flexibility index (Phi) is 7.64. The van der Waals surface area contributed by atoms with Crippen LogP contribution in [0.4, 0.5) is 0 Å². The van der Waals surface area contributed by atoms with E-state index in [1.165, 1.54) is 4.57 Å². The Labute approximate surface area is 210 Å². The Morgan fingerprint density at radius 2 is 1.53 bits per heavy atom. The molecule has 0 saturated heterocycles. The lowest BCUT2D eigenvalue weighted by Crippen LogP contribution is -2.30. The van der Waals surface area contributed by atoms with E-state index in [1.807, 2.05) is 60.7 Å². The van der Waals surface area contributed by atoms with E-state index in [0.29, 0.717) is 24.4 Å². The molecular weight excluding hydrogens is 452 g/mol. The number of hydrogen-bond acceptors (Lipinski definition) is 3. The fraction of sp³-hybridized carbons (Fsp3) is 0.233. The van der Waals surface area contributed by atoms with E-state index in [0.717, 1.165) is 28.8 Å². The van der Waals surface area contributed by atoms with Crippen LogP contribution in [0.25, 0.3) is 11.1 Å². The van der Waals surface area contributed by atoms with Crippen LogP contribution in [0.5, 0.6) is 0 Å². The first-order chi connectivity index (χ1) is 17.3. The number of aromatic carboxylic acids is 1. The van der Waals surface area contributed by atoms with Crippen molar-refractivity contribution >= 4 is 11.9 Å². The van der Waals surface area contributed by atoms with Crippen LogP contribution in [-0.2, 0) is 19.4 Å². The molecule has 0 atom stereocenters. The summed E-state index contributed by atoms with van der Waals surface area (Å²) < 4.78 is 2.91. The zero-order chi connectivity index (χ0) is 25.7. The lowest BCUT2D eigenvalue weighted by atomic mass is 9.98. The summed E-state index contributed by atoms with van der Waals surface area (Å²) in [6.45, 7) is 4.60. The lowest BCUT2D eigenvalue weighted by Gasteiger charge is -2.10. The summed E-state index contributed by atoms with van der Waals surface area (Å²) in [6, 6.07) is 23.8. The zero-order valence-electron chi connectivity index (χ0n) is 20.6. The second kappa shape index (κ2) is 11.0. The van der Waals surface area contributed by atoms with Gasteiger partial charge in [0.2, 0.25) is 5.91 Å². The molecule has 1 heterocycles. The molecule has 6 heteroatoms. The molecular formula is C30H30N2O4. The Bertz CT molecular complexity index is 1410. The molecule has 1 aromatic heterocycles. The highest BCUT2D eigenvalue weighted by atomic mass is 16.4. The van der Waals surface area contributed by atoms with Gasteiger partial charge in [-0.1, -0.05) is 86.6 Å². The quantitative estimate of drug-likeness (QED) is 0.340. The van der Waals surface area contributed by atoms with Crippen molar-refractivity contribution in [3.05, 3.63) is 118 Å². The molecule has 1 N–H and O–H groups in total. The summed E-state index contributed by atoms with van der Waals surface area (Å²) in [7, 11) is 0. The molecule has 0 unspecified atom stereocenters. The second-order valence-corrected chi connectivity index (χ2v) is 9.40. The summed E-state index contributed by atoms with van der Waals surface area (Å²) in [4.78, 5) is 37.9. The third kappa shape index (κ3) is 5.71. The number of nitrogens with zero attached hydrogens (tertiary/aromatic N) is 2. The minimum Gasteiger partial charge on any atom is -0.478 e. The molecule has 0 saturated carbocycles. The molecule has 0 aliphatic heterocycles. The maximum atomic E-state index is 13.3. The summed E-state index contributed by atoms with van der Waals surface area (Å²) >= 11 is 0. The molecule has 36 heavy (non-hydrogen) atoms. The van der Waals surface area contributed by atoms with Crippen molar-refractivity contribution in [1.82, 2.24) is 9.13 Å². The van der Waals surface area contributed by atoms with Crippen LogP contribution < -0.4 is 5.69 Å². The smallest absolute Gasteiger partial charge is 0.336 e. The monoisotopic (exact) mass is 482 g/mol. The number of carboxylic acid groups (broad SMARTS) is 1. The van der Waals surface area contributed by atoms with Gasteiger partial charge in [-0.05, 0) is 47.1 Å². The highest BCUT2D eigenvalue weighted by Crippen LogP contribution is 2.24. The fourth-order valence-corrected chi connectivity index (χ4v) is 4.26. The van der Waals surface area contributed by atoms with Crippen molar-refractivity contribution in [2.75, 3.05) is 0 Å². The molecule has 6 nitrogen and oxygen atoms in total. The van der Waals surface area contributed by atoms with Crippen molar-refractivity contribution in [3.8, 4) is 11.1 Å². The summed E-state index contributed by atoms with van der Waals surface area (Å²) in [5.41, 5.74) is 3.93. The normalized spacial score (nSPS) is 11.1. The Morgan fingerprint density at radius 3 is 2.19 bits per heavy atom. The van der Waals surface area contributed by atoms with Gasteiger partial charge in [0.25, 0.3) is 0 Å². The van der Waals surface area contributed by atoms with Crippen molar-refractivity contribution in [2.45, 2.75) is 39.7 Å². The van der Waals surface area contributed by atoms with Crippen LogP contribution in [0, 0.1) is 5.92 Å². The van der Waals surface area contributed by atoms with E-state index in [4.69, 9.17) is 0 Å². The van der Waals surface area contributed by atoms with Crippen LogP contribution >= 0.6 is 0 Å². The molecule has 0 fully saturated rings. The summed E-state index contributed by atoms with van der Waals surface area (Å²) in [5.74, 6) is -0.764. The highest BCUT2D eigenvalue weighted by Gasteiger charge is 2.18. The van der Waals surface area contributed by atoms with Crippen LogP contribution in [0.15, 0.2) is 89.9 Å². The first-order valence-electron chi connectivity index (χ1n) is 12.1. The number of carbonyl (C=O) groups excluding carboxylic acids is 1. The number of carbonyl (C=O) groups is 2. The van der Waals surface area contributed by atoms with Crippen molar-refractivity contribution < 1.29 is 14.7 Å². The average Bonchev–Trinajstić information content (AvgIpc) is 3.19. The Morgan fingerprint density at radius 1 is 0.861 bits per heavy atom. The second-order valence-electron chi connectivity index (χ2n) is 9.40. The van der Waals surface area contributed by atoms with Gasteiger partial charge in [-0.15, -0.1) is 0 Å². The Balaban J connectivity index is 1.62. The number of aromatic nitrogens is 2. The molecule has 0 aliphatic rings. The van der Waals surface area contributed by atoms with Gasteiger partial charge in [-0.25, -0.2) is 14.2 Å². The summed E-state index contributed by atoms with van der Waals surface area (Å²) in [5, 5.41) is 9.50. The highest BCUT2D eigenvalue weighted by molar-refractivity contribution is 5.96. The molecule has 0 spiro atoms. The first-order valence-corrected chi connectivity index (χ1v) is 12.1. The van der Waals surface area contributed by atoms with Gasteiger partial charge in [0.1, 0.15) is 0 Å². The molecule has 3 aromatic carbocycles. The van der Waals surface area contributed by atoms with E-state index in [2.05, 4.69) is 13.8 Å². The topological polar surface area (TPSA) is 81.3 Å². The SMILES string of the molecule is CC(C)CCc1cn(C(=O)Cc2ccccc2)c(=O)n1Cc1ccc(-c2ccccc2C(=O)O)cc1. The van der Waals surface area contributed by atoms with E-state index < -0.39 is 5.97 Å². The predicted octanol–water partition coefficient (Wildman–Crippen LogP) is 5.53. The number of aryl methyl sites for hydroxylation is 1. The molecule has 184 valence electrons. The van der Waals surface area contributed by atoms with Crippen LogP contribution in [0.1, 0.15) is 52.2 Å². The molecule has 0 bridgehead atoms. The largest absolute Gasteiger partial charge is 0.478 e. The number of benzene rings is 3. The van der Waals surface area contributed by atoms with Gasteiger partial charge in [-0.2, -0.15) is 0 Å². The fourth-order valence-electron chi connectivity index (χ4n) is 4.26. The van der Waals surface area contributed by atoms with Gasteiger partial charge >= 0.3 is 11.7 Å². The van der Waals surface area contributed by atoms with E-state index >= 15 is 0 Å². The maximum absolute atomic E-state index is 13.3. The van der Waals surface area contributed by atoms with E-state index in [1.54, 1.807) is 29.0 Å². The number of hydrogen-bond donors (Lipinski definition) is 1. The van der Waals surface area contributed by atoms with Gasteiger partial charge in [-0.3, -0.25) is 9.36 Å². The van der Waals surface area contributed by atoms with Gasteiger partial charge in [0, 0.05) is 11.9 Å². The van der Waals surface area contributed by atoms with Crippen LogP contribution in [-0.4, -0.2) is 26.1 Å². The lowest BCUT2D eigenvalue weighted by molar-refractivity contribution is 0.0697. The predicted molar refractivity (Wildman–Crippen MR) is 141 cm³/mol. The third-order valence-electron chi connectivity index (χ3n) is 6.27. The maximum Gasteiger partial charge on any atom is 0.336 e. The van der Waals surface area contributed by atoms with Crippen molar-refractivity contribution in [3.63, 3.8) is 0 Å². The van der Waals surface area contributed by atoms with Gasteiger partial charge in [0.15, 0.2) is 0 Å². The first kappa shape index (κ1) is 24.9. The zero-order valence-corrected chi connectivity index (χ0v) is 20.6. The molecule has 4 rings (SSSR count). The van der Waals surface area contributed by atoms with E-state index in [-0.39, 0.29) is 23.6 Å². The third-order valence-corrected chi connectivity index (χ3v) is 6.27. The number of carboxylic acids is 1. The van der Waals surface area contributed by atoms with Crippen molar-refractivity contribution in [1.29, 1.82) is 0 Å². The van der Waals surface area contributed by atoms with Crippen molar-refractivity contribution in [2.24, 2.45) is 5.92 Å². The average molecular weight is 483 g/mol. The van der Waals surface area contributed by atoms with Gasteiger partial charge < -0.3 is 5.11 Å². The molecule has 0 aliphatic carbocycles. The van der Waals surface area contributed by atoms with E-state index in [9.17, 15) is 19.5 Å². The summed E-state index contributed by atoms with van der Waals surface area (Å²) in [6.07, 6.45) is 3.45. The van der Waals surface area contributed by atoms with Crippen LogP contribution in [0.3, 0.4) is 0 Å². The van der Waals surface area contributed by atoms with Crippen LogP contribution in [0.2, 0.25) is 0 Å².